The van der Waals surface area contributed by atoms with Gasteiger partial charge in [0.05, 0.1) is 12.5 Å². The standard InChI is InChI=1S/C16H18F2N2O/c17-13-7-6-11(8-14(13)18)9-16(21)20-15(10-19)12-4-2-1-3-5-12/h6-8,12,15H,1-5,9H2,(H,20,21)/t15-/m1/s1. The van der Waals surface area contributed by atoms with Gasteiger partial charge in [-0.2, -0.15) is 5.26 Å². The van der Waals surface area contributed by atoms with Gasteiger partial charge in [-0.05, 0) is 36.5 Å². The highest BCUT2D eigenvalue weighted by Crippen LogP contribution is 2.26. The first-order valence-corrected chi connectivity index (χ1v) is 7.23. The zero-order chi connectivity index (χ0) is 15.2. The maximum Gasteiger partial charge on any atom is 0.225 e. The summed E-state index contributed by atoms with van der Waals surface area (Å²) in [6.45, 7) is 0. The molecule has 0 saturated heterocycles. The summed E-state index contributed by atoms with van der Waals surface area (Å²) in [5.41, 5.74) is 0.395. The van der Waals surface area contributed by atoms with Crippen molar-refractivity contribution in [3.63, 3.8) is 0 Å². The van der Waals surface area contributed by atoms with Crippen LogP contribution in [0.3, 0.4) is 0 Å². The Morgan fingerprint density at radius 2 is 2.00 bits per heavy atom. The van der Waals surface area contributed by atoms with Crippen molar-refractivity contribution in [2.75, 3.05) is 0 Å². The summed E-state index contributed by atoms with van der Waals surface area (Å²) >= 11 is 0. The number of carbonyl (C=O) groups excluding carboxylic acids is 1. The Morgan fingerprint density at radius 1 is 1.29 bits per heavy atom. The molecule has 2 rings (SSSR count). The van der Waals surface area contributed by atoms with Gasteiger partial charge in [-0.25, -0.2) is 8.78 Å². The van der Waals surface area contributed by atoms with Gasteiger partial charge in [0.25, 0.3) is 0 Å². The molecule has 0 aromatic heterocycles. The number of nitriles is 1. The topological polar surface area (TPSA) is 52.9 Å². The second-order valence-electron chi connectivity index (χ2n) is 5.50. The van der Waals surface area contributed by atoms with Crippen LogP contribution in [0, 0.1) is 28.9 Å². The lowest BCUT2D eigenvalue weighted by molar-refractivity contribution is -0.121. The van der Waals surface area contributed by atoms with E-state index >= 15 is 0 Å². The number of rotatable bonds is 4. The molecule has 3 nitrogen and oxygen atoms in total. The van der Waals surface area contributed by atoms with Gasteiger partial charge in [-0.3, -0.25) is 4.79 Å². The van der Waals surface area contributed by atoms with E-state index in [0.717, 1.165) is 37.8 Å². The Hall–Kier alpha value is -1.96. The van der Waals surface area contributed by atoms with E-state index in [1.165, 1.54) is 12.5 Å². The number of nitrogens with zero attached hydrogens (tertiary/aromatic N) is 1. The first-order valence-electron chi connectivity index (χ1n) is 7.23. The van der Waals surface area contributed by atoms with E-state index in [-0.39, 0.29) is 18.2 Å². The average Bonchev–Trinajstić information content (AvgIpc) is 2.49. The number of nitrogens with one attached hydrogen (secondary N) is 1. The summed E-state index contributed by atoms with van der Waals surface area (Å²) in [5.74, 6) is -2.04. The highest BCUT2D eigenvalue weighted by molar-refractivity contribution is 5.79. The number of benzene rings is 1. The van der Waals surface area contributed by atoms with E-state index in [1.54, 1.807) is 0 Å². The predicted molar refractivity (Wildman–Crippen MR) is 74.2 cm³/mol. The minimum atomic E-state index is -0.968. The average molecular weight is 292 g/mol. The minimum absolute atomic E-state index is 0.0535. The Morgan fingerprint density at radius 3 is 2.62 bits per heavy atom. The highest BCUT2D eigenvalue weighted by Gasteiger charge is 2.24. The van der Waals surface area contributed by atoms with E-state index in [0.29, 0.717) is 5.56 Å². The van der Waals surface area contributed by atoms with Crippen molar-refractivity contribution in [3.8, 4) is 6.07 Å². The molecule has 1 amide bonds. The predicted octanol–water partition coefficient (Wildman–Crippen LogP) is 3.10. The summed E-state index contributed by atoms with van der Waals surface area (Å²) in [7, 11) is 0. The maximum absolute atomic E-state index is 13.1. The van der Waals surface area contributed by atoms with Crippen LogP contribution in [0.5, 0.6) is 0 Å². The van der Waals surface area contributed by atoms with Gasteiger partial charge in [0.1, 0.15) is 6.04 Å². The van der Waals surface area contributed by atoms with Crippen molar-refractivity contribution in [1.82, 2.24) is 5.32 Å². The van der Waals surface area contributed by atoms with Crippen molar-refractivity contribution in [3.05, 3.63) is 35.4 Å². The van der Waals surface area contributed by atoms with E-state index in [2.05, 4.69) is 11.4 Å². The van der Waals surface area contributed by atoms with Gasteiger partial charge in [-0.15, -0.1) is 0 Å². The molecule has 5 heteroatoms. The van der Waals surface area contributed by atoms with Crippen molar-refractivity contribution in [1.29, 1.82) is 5.26 Å². The quantitative estimate of drug-likeness (QED) is 0.927. The normalized spacial score (nSPS) is 17.0. The van der Waals surface area contributed by atoms with Gasteiger partial charge in [0, 0.05) is 0 Å². The first-order chi connectivity index (χ1) is 10.1. The van der Waals surface area contributed by atoms with Crippen LogP contribution in [-0.4, -0.2) is 11.9 Å². The lowest BCUT2D eigenvalue weighted by Crippen LogP contribution is -2.40. The first kappa shape index (κ1) is 15.4. The third-order valence-electron chi connectivity index (χ3n) is 3.93. The fourth-order valence-corrected chi connectivity index (χ4v) is 2.78. The number of carbonyl (C=O) groups is 1. The summed E-state index contributed by atoms with van der Waals surface area (Å²) in [5, 5.41) is 11.9. The van der Waals surface area contributed by atoms with Crippen LogP contribution in [0.2, 0.25) is 0 Å². The van der Waals surface area contributed by atoms with Crippen LogP contribution in [0.15, 0.2) is 18.2 Å². The molecular formula is C16H18F2N2O. The van der Waals surface area contributed by atoms with Crippen molar-refractivity contribution in [2.24, 2.45) is 5.92 Å². The van der Waals surface area contributed by atoms with Gasteiger partial charge < -0.3 is 5.32 Å². The van der Waals surface area contributed by atoms with Crippen molar-refractivity contribution in [2.45, 2.75) is 44.6 Å². The molecule has 112 valence electrons. The van der Waals surface area contributed by atoms with Gasteiger partial charge in [0.2, 0.25) is 5.91 Å². The third-order valence-corrected chi connectivity index (χ3v) is 3.93. The Labute approximate surface area is 123 Å². The Kier molecular flexibility index (Phi) is 5.26. The van der Waals surface area contributed by atoms with Gasteiger partial charge >= 0.3 is 0 Å². The smallest absolute Gasteiger partial charge is 0.225 e. The van der Waals surface area contributed by atoms with E-state index in [1.807, 2.05) is 0 Å². The van der Waals surface area contributed by atoms with Crippen LogP contribution >= 0.6 is 0 Å². The molecule has 0 bridgehead atoms. The molecule has 0 heterocycles. The molecule has 1 fully saturated rings. The van der Waals surface area contributed by atoms with Crippen LogP contribution in [-0.2, 0) is 11.2 Å². The van der Waals surface area contributed by atoms with Crippen LogP contribution in [0.1, 0.15) is 37.7 Å². The maximum atomic E-state index is 13.1. The number of amides is 1. The fraction of sp³-hybridized carbons (Fsp3) is 0.500. The molecule has 1 N–H and O–H groups in total. The molecule has 1 saturated carbocycles. The number of hydrogen-bond donors (Lipinski definition) is 1. The lowest BCUT2D eigenvalue weighted by atomic mass is 9.84. The SMILES string of the molecule is N#C[C@@H](NC(=O)Cc1ccc(F)c(F)c1)C1CCCCC1. The fourth-order valence-electron chi connectivity index (χ4n) is 2.78. The molecule has 1 atom stereocenters. The van der Waals surface area contributed by atoms with E-state index in [9.17, 15) is 18.8 Å². The van der Waals surface area contributed by atoms with Crippen LogP contribution in [0.4, 0.5) is 8.78 Å². The third kappa shape index (κ3) is 4.25. The summed E-state index contributed by atoms with van der Waals surface area (Å²) < 4.78 is 25.9. The summed E-state index contributed by atoms with van der Waals surface area (Å²) in [4.78, 5) is 11.9. The summed E-state index contributed by atoms with van der Waals surface area (Å²) in [6.07, 6.45) is 5.19. The van der Waals surface area contributed by atoms with Crippen molar-refractivity contribution >= 4 is 5.91 Å². The minimum Gasteiger partial charge on any atom is -0.340 e. The van der Waals surface area contributed by atoms with Gasteiger partial charge in [-0.1, -0.05) is 25.3 Å². The molecule has 21 heavy (non-hydrogen) atoms. The molecule has 0 radical (unpaired) electrons. The zero-order valence-electron chi connectivity index (χ0n) is 11.7. The molecule has 0 unspecified atom stereocenters. The molecular weight excluding hydrogens is 274 g/mol. The number of hydrogen-bond acceptors (Lipinski definition) is 2. The largest absolute Gasteiger partial charge is 0.340 e. The zero-order valence-corrected chi connectivity index (χ0v) is 11.7. The van der Waals surface area contributed by atoms with Crippen LogP contribution in [0.25, 0.3) is 0 Å². The van der Waals surface area contributed by atoms with Gasteiger partial charge in [0.15, 0.2) is 11.6 Å². The molecule has 1 aliphatic rings. The van der Waals surface area contributed by atoms with Crippen LogP contribution < -0.4 is 5.32 Å². The summed E-state index contributed by atoms with van der Waals surface area (Å²) in [6, 6.07) is 5.03. The highest BCUT2D eigenvalue weighted by atomic mass is 19.2. The molecule has 1 aliphatic carbocycles. The molecule has 0 spiro atoms. The second kappa shape index (κ2) is 7.16. The van der Waals surface area contributed by atoms with E-state index in [4.69, 9.17) is 0 Å². The molecule has 1 aromatic carbocycles. The van der Waals surface area contributed by atoms with Crippen molar-refractivity contribution < 1.29 is 13.6 Å². The molecule has 1 aromatic rings. The molecule has 0 aliphatic heterocycles. The second-order valence-corrected chi connectivity index (χ2v) is 5.50. The lowest BCUT2D eigenvalue weighted by Gasteiger charge is -2.26. The monoisotopic (exact) mass is 292 g/mol. The Bertz CT molecular complexity index is 548. The Balaban J connectivity index is 1.93. The number of halogens is 2. The van der Waals surface area contributed by atoms with E-state index < -0.39 is 17.7 Å².